The molecule has 1 aliphatic carbocycles. The van der Waals surface area contributed by atoms with Gasteiger partial charge in [-0.05, 0) is 61.6 Å². The molecule has 1 unspecified atom stereocenters. The van der Waals surface area contributed by atoms with Crippen LogP contribution >= 0.6 is 0 Å². The van der Waals surface area contributed by atoms with Crippen LogP contribution in [0.5, 0.6) is 0 Å². The molecule has 1 aliphatic rings. The van der Waals surface area contributed by atoms with E-state index in [1.807, 2.05) is 55.5 Å². The molecule has 0 spiro atoms. The lowest BCUT2D eigenvalue weighted by Gasteiger charge is -2.36. The smallest absolute Gasteiger partial charge is 0.119 e. The Balaban J connectivity index is 2.52. The van der Waals surface area contributed by atoms with E-state index >= 15 is 0 Å². The van der Waals surface area contributed by atoms with E-state index in [0.717, 1.165) is 22.3 Å². The Morgan fingerprint density at radius 3 is 1.83 bits per heavy atom. The molecular formula is C26H28O4. The van der Waals surface area contributed by atoms with Gasteiger partial charge in [0.1, 0.15) is 11.5 Å². The van der Waals surface area contributed by atoms with E-state index in [1.54, 1.807) is 19.9 Å². The van der Waals surface area contributed by atoms with Crippen molar-refractivity contribution in [2.75, 3.05) is 0 Å². The molecule has 4 nitrogen and oxygen atoms in total. The van der Waals surface area contributed by atoms with Gasteiger partial charge in [-0.3, -0.25) is 0 Å². The van der Waals surface area contributed by atoms with Gasteiger partial charge in [0.2, 0.25) is 0 Å². The highest BCUT2D eigenvalue weighted by atomic mass is 16.3. The van der Waals surface area contributed by atoms with Crippen LogP contribution in [-0.2, 0) is 5.41 Å². The summed E-state index contributed by atoms with van der Waals surface area (Å²) in [5.74, 6) is -0.158. The summed E-state index contributed by atoms with van der Waals surface area (Å²) in [4.78, 5) is 0. The SMILES string of the molecule is C/C=C(\C(O)=C/C(C)O)C1(/C(C)=C(O)/C=C(\C)O)c2ccccc2-c2ccccc21. The van der Waals surface area contributed by atoms with Gasteiger partial charge in [0.05, 0.1) is 17.3 Å². The molecule has 0 heterocycles. The van der Waals surface area contributed by atoms with Crippen LogP contribution in [0.4, 0.5) is 0 Å². The molecule has 4 heteroatoms. The maximum absolute atomic E-state index is 11.0. The van der Waals surface area contributed by atoms with Crippen molar-refractivity contribution in [2.24, 2.45) is 0 Å². The fourth-order valence-corrected chi connectivity index (χ4v) is 4.50. The molecular weight excluding hydrogens is 376 g/mol. The van der Waals surface area contributed by atoms with Gasteiger partial charge in [-0.2, -0.15) is 0 Å². The lowest BCUT2D eigenvalue weighted by atomic mass is 9.66. The van der Waals surface area contributed by atoms with E-state index in [2.05, 4.69) is 0 Å². The van der Waals surface area contributed by atoms with Gasteiger partial charge >= 0.3 is 0 Å². The van der Waals surface area contributed by atoms with Crippen molar-refractivity contribution in [1.29, 1.82) is 0 Å². The topological polar surface area (TPSA) is 80.9 Å². The molecule has 0 radical (unpaired) electrons. The number of aliphatic hydroxyl groups is 4. The molecule has 0 saturated carbocycles. The molecule has 0 bridgehead atoms. The monoisotopic (exact) mass is 404 g/mol. The normalized spacial score (nSPS) is 17.8. The molecule has 3 rings (SSSR count). The third-order valence-electron chi connectivity index (χ3n) is 5.61. The summed E-state index contributed by atoms with van der Waals surface area (Å²) >= 11 is 0. The Bertz CT molecular complexity index is 1030. The molecule has 30 heavy (non-hydrogen) atoms. The van der Waals surface area contributed by atoms with Crippen molar-refractivity contribution in [3.63, 3.8) is 0 Å². The predicted molar refractivity (Wildman–Crippen MR) is 121 cm³/mol. The van der Waals surface area contributed by atoms with Crippen LogP contribution in [-0.4, -0.2) is 26.5 Å². The van der Waals surface area contributed by atoms with Crippen LogP contribution in [0.15, 0.2) is 95.2 Å². The van der Waals surface area contributed by atoms with Gasteiger partial charge in [0.15, 0.2) is 0 Å². The summed E-state index contributed by atoms with van der Waals surface area (Å²) in [6, 6.07) is 15.8. The van der Waals surface area contributed by atoms with Crippen LogP contribution < -0.4 is 0 Å². The minimum Gasteiger partial charge on any atom is -0.512 e. The molecule has 2 aromatic carbocycles. The third kappa shape index (κ3) is 3.33. The second-order valence-electron chi connectivity index (χ2n) is 7.63. The highest BCUT2D eigenvalue weighted by Gasteiger charge is 2.49. The predicted octanol–water partition coefficient (Wildman–Crippen LogP) is 6.02. The molecule has 0 amide bonds. The Labute approximate surface area is 177 Å². The Morgan fingerprint density at radius 2 is 1.40 bits per heavy atom. The average Bonchev–Trinajstić information content (AvgIpc) is 2.99. The van der Waals surface area contributed by atoms with E-state index in [9.17, 15) is 20.4 Å². The fourth-order valence-electron chi connectivity index (χ4n) is 4.50. The average molecular weight is 405 g/mol. The Kier molecular flexibility index (Phi) is 5.90. The quantitative estimate of drug-likeness (QED) is 0.363. The summed E-state index contributed by atoms with van der Waals surface area (Å²) in [6.07, 6.45) is 3.65. The van der Waals surface area contributed by atoms with E-state index in [0.29, 0.717) is 11.1 Å². The Hall–Kier alpha value is -3.24. The first-order chi connectivity index (χ1) is 14.2. The molecule has 0 saturated heterocycles. The van der Waals surface area contributed by atoms with E-state index < -0.39 is 11.5 Å². The first-order valence-electron chi connectivity index (χ1n) is 9.98. The number of benzene rings is 2. The van der Waals surface area contributed by atoms with Gasteiger partial charge in [-0.1, -0.05) is 54.6 Å². The Morgan fingerprint density at radius 1 is 0.900 bits per heavy atom. The van der Waals surface area contributed by atoms with Gasteiger partial charge in [-0.15, -0.1) is 0 Å². The van der Waals surface area contributed by atoms with Crippen LogP contribution in [0.1, 0.15) is 38.8 Å². The molecule has 0 fully saturated rings. The summed E-state index contributed by atoms with van der Waals surface area (Å²) in [5, 5.41) is 41.6. The largest absolute Gasteiger partial charge is 0.512 e. The van der Waals surface area contributed by atoms with Crippen LogP contribution in [0.25, 0.3) is 11.1 Å². The second kappa shape index (κ2) is 8.25. The highest BCUT2D eigenvalue weighted by molar-refractivity contribution is 5.86. The number of aliphatic hydroxyl groups excluding tert-OH is 4. The lowest BCUT2D eigenvalue weighted by Crippen LogP contribution is -2.32. The van der Waals surface area contributed by atoms with E-state index in [-0.39, 0.29) is 17.3 Å². The maximum atomic E-state index is 11.0. The van der Waals surface area contributed by atoms with E-state index in [1.165, 1.54) is 19.1 Å². The van der Waals surface area contributed by atoms with Gasteiger partial charge in [0, 0.05) is 11.6 Å². The molecule has 4 N–H and O–H groups in total. The lowest BCUT2D eigenvalue weighted by molar-refractivity contribution is 0.237. The van der Waals surface area contributed by atoms with Crippen molar-refractivity contribution in [3.8, 4) is 11.1 Å². The number of hydrogen-bond donors (Lipinski definition) is 4. The number of rotatable bonds is 5. The van der Waals surface area contributed by atoms with Crippen LogP contribution in [0.3, 0.4) is 0 Å². The minimum absolute atomic E-state index is 0.0210. The van der Waals surface area contributed by atoms with Gasteiger partial charge in [-0.25, -0.2) is 0 Å². The molecule has 1 atom stereocenters. The van der Waals surface area contributed by atoms with Crippen LogP contribution in [0, 0.1) is 0 Å². The number of fused-ring (bicyclic) bond motifs is 3. The van der Waals surface area contributed by atoms with Gasteiger partial charge in [0.25, 0.3) is 0 Å². The molecule has 0 aromatic heterocycles. The van der Waals surface area contributed by atoms with Crippen molar-refractivity contribution in [2.45, 2.75) is 39.2 Å². The highest BCUT2D eigenvalue weighted by Crippen LogP contribution is 2.58. The summed E-state index contributed by atoms with van der Waals surface area (Å²) in [7, 11) is 0. The van der Waals surface area contributed by atoms with Crippen molar-refractivity contribution < 1.29 is 20.4 Å². The summed E-state index contributed by atoms with van der Waals surface area (Å²) in [5.41, 5.74) is 3.97. The fraction of sp³-hybridized carbons (Fsp3) is 0.231. The summed E-state index contributed by atoms with van der Waals surface area (Å²) < 4.78 is 0. The number of hydrogen-bond acceptors (Lipinski definition) is 4. The minimum atomic E-state index is -0.993. The van der Waals surface area contributed by atoms with Crippen molar-refractivity contribution >= 4 is 0 Å². The maximum Gasteiger partial charge on any atom is 0.119 e. The number of allylic oxidation sites excluding steroid dienone is 5. The second-order valence-corrected chi connectivity index (χ2v) is 7.63. The molecule has 0 aliphatic heterocycles. The van der Waals surface area contributed by atoms with Crippen molar-refractivity contribution in [3.05, 3.63) is 106 Å². The van der Waals surface area contributed by atoms with Gasteiger partial charge < -0.3 is 20.4 Å². The molecule has 156 valence electrons. The third-order valence-corrected chi connectivity index (χ3v) is 5.61. The van der Waals surface area contributed by atoms with Crippen molar-refractivity contribution in [1.82, 2.24) is 0 Å². The zero-order valence-corrected chi connectivity index (χ0v) is 17.7. The zero-order chi connectivity index (χ0) is 22.1. The molecule has 2 aromatic rings. The first kappa shape index (κ1) is 21.5. The summed E-state index contributed by atoms with van der Waals surface area (Å²) in [6.45, 7) is 6.69. The van der Waals surface area contributed by atoms with E-state index in [4.69, 9.17) is 0 Å². The first-order valence-corrected chi connectivity index (χ1v) is 9.98. The zero-order valence-electron chi connectivity index (χ0n) is 17.7. The van der Waals surface area contributed by atoms with Crippen LogP contribution in [0.2, 0.25) is 0 Å². The standard InChI is InChI=1S/C26H28O4/c1-5-21(25(30)15-17(3)28)26(18(4)24(29)14-16(2)27)22-12-8-6-10-19(22)20-11-7-9-13-23(20)26/h5-15,17,27-30H,1-4H3/b16-14+,21-5+,24-18-,25-15+.